The van der Waals surface area contributed by atoms with Crippen molar-refractivity contribution in [3.8, 4) is 0 Å². The fourth-order valence-electron chi connectivity index (χ4n) is 5.58. The summed E-state index contributed by atoms with van der Waals surface area (Å²) in [5, 5.41) is 19.9. The molecule has 3 rings (SSSR count). The van der Waals surface area contributed by atoms with Crippen LogP contribution in [0.1, 0.15) is 51.2 Å². The van der Waals surface area contributed by atoms with Crippen LogP contribution in [0.5, 0.6) is 0 Å². The van der Waals surface area contributed by atoms with Crippen LogP contribution in [0.25, 0.3) is 0 Å². The van der Waals surface area contributed by atoms with E-state index in [-0.39, 0.29) is 23.6 Å². The third-order valence-electron chi connectivity index (χ3n) is 7.97. The van der Waals surface area contributed by atoms with E-state index in [1.165, 1.54) is 6.92 Å². The fourth-order valence-corrected chi connectivity index (χ4v) is 5.58. The molecule has 1 aliphatic heterocycles. The van der Waals surface area contributed by atoms with Gasteiger partial charge in [0.2, 0.25) is 17.7 Å². The Hall–Kier alpha value is -3.23. The lowest BCUT2D eigenvalue weighted by Crippen LogP contribution is -2.60. The molecule has 0 aromatic heterocycles. The van der Waals surface area contributed by atoms with Crippen LogP contribution in [-0.2, 0) is 27.2 Å². The number of amides is 3. The summed E-state index contributed by atoms with van der Waals surface area (Å²) in [6.45, 7) is 6.09. The molecule has 1 saturated heterocycles. The van der Waals surface area contributed by atoms with Crippen LogP contribution in [-0.4, -0.2) is 71.6 Å². The number of aliphatic hydroxyl groups is 1. The molecule has 1 aliphatic rings. The highest BCUT2D eigenvalue weighted by molar-refractivity contribution is 5.96. The monoisotopic (exact) mass is 536 g/mol. The Balaban J connectivity index is 1.89. The van der Waals surface area contributed by atoms with E-state index in [0.717, 1.165) is 17.5 Å². The number of carbonyl (C=O) groups is 3. The third kappa shape index (κ3) is 7.67. The van der Waals surface area contributed by atoms with E-state index in [1.807, 2.05) is 74.5 Å². The van der Waals surface area contributed by atoms with Gasteiger partial charge in [-0.3, -0.25) is 14.4 Å². The van der Waals surface area contributed by atoms with Crippen LogP contribution in [0.3, 0.4) is 0 Å². The maximum Gasteiger partial charge on any atom is 0.249 e. The van der Waals surface area contributed by atoms with Gasteiger partial charge in [0.1, 0.15) is 11.6 Å². The zero-order valence-corrected chi connectivity index (χ0v) is 23.7. The predicted octanol–water partition coefficient (Wildman–Crippen LogP) is 2.45. The Morgan fingerprint density at radius 2 is 1.67 bits per heavy atom. The van der Waals surface area contributed by atoms with Gasteiger partial charge in [0.25, 0.3) is 0 Å². The van der Waals surface area contributed by atoms with Crippen LogP contribution in [0.2, 0.25) is 0 Å². The van der Waals surface area contributed by atoms with Crippen molar-refractivity contribution >= 4 is 17.7 Å². The molecule has 0 bridgehead atoms. The molecule has 0 aliphatic carbocycles. The number of aryl methyl sites for hydroxylation is 1. The quantitative estimate of drug-likeness (QED) is 0.297. The second-order valence-electron chi connectivity index (χ2n) is 10.7. The highest BCUT2D eigenvalue weighted by atomic mass is 16.3. The summed E-state index contributed by atoms with van der Waals surface area (Å²) in [4.78, 5) is 41.8. The number of nitrogens with one attached hydrogen (secondary N) is 3. The summed E-state index contributed by atoms with van der Waals surface area (Å²) in [5.74, 6) is -0.845. The molecule has 4 N–H and O–H groups in total. The van der Waals surface area contributed by atoms with E-state index in [4.69, 9.17) is 0 Å². The van der Waals surface area contributed by atoms with Gasteiger partial charge in [-0.1, -0.05) is 80.9 Å². The lowest BCUT2D eigenvalue weighted by atomic mass is 9.81. The number of aliphatic hydroxyl groups excluding tert-OH is 1. The first-order valence-electron chi connectivity index (χ1n) is 14.0. The van der Waals surface area contributed by atoms with E-state index >= 15 is 0 Å². The molecule has 0 spiro atoms. The molecule has 39 heavy (non-hydrogen) atoms. The molecule has 3 amide bonds. The topological polar surface area (TPSA) is 111 Å². The number of benzene rings is 2. The first kappa shape index (κ1) is 30.3. The summed E-state index contributed by atoms with van der Waals surface area (Å²) in [5.41, 5.74) is 1.05. The van der Waals surface area contributed by atoms with Gasteiger partial charge in [-0.15, -0.1) is 0 Å². The summed E-state index contributed by atoms with van der Waals surface area (Å²) in [7, 11) is 1.76. The van der Waals surface area contributed by atoms with E-state index in [0.29, 0.717) is 38.8 Å². The minimum absolute atomic E-state index is 0.0833. The van der Waals surface area contributed by atoms with Crippen LogP contribution in [0, 0.1) is 5.92 Å². The van der Waals surface area contributed by atoms with E-state index < -0.39 is 23.7 Å². The summed E-state index contributed by atoms with van der Waals surface area (Å²) >= 11 is 0. The van der Waals surface area contributed by atoms with E-state index in [9.17, 15) is 19.5 Å². The Bertz CT molecular complexity index is 1080. The number of carbonyl (C=O) groups excluding carboxylic acids is 3. The molecule has 1 heterocycles. The van der Waals surface area contributed by atoms with Crippen LogP contribution in [0.15, 0.2) is 60.7 Å². The maximum atomic E-state index is 14.0. The average molecular weight is 537 g/mol. The number of hydrogen-bond donors (Lipinski definition) is 4. The normalized spacial score (nSPS) is 20.2. The molecule has 0 radical (unpaired) electrons. The largest absolute Gasteiger partial charge is 0.390 e. The number of hydrogen-bond acceptors (Lipinski definition) is 5. The predicted molar refractivity (Wildman–Crippen MR) is 153 cm³/mol. The first-order valence-corrected chi connectivity index (χ1v) is 14.0. The van der Waals surface area contributed by atoms with Gasteiger partial charge in [0.15, 0.2) is 0 Å². The number of rotatable bonds is 14. The second-order valence-corrected chi connectivity index (χ2v) is 10.7. The first-order chi connectivity index (χ1) is 18.7. The molecule has 2 aromatic carbocycles. The van der Waals surface area contributed by atoms with Crippen LogP contribution < -0.4 is 16.0 Å². The van der Waals surface area contributed by atoms with Gasteiger partial charge in [0.05, 0.1) is 12.1 Å². The molecule has 2 aromatic rings. The molecule has 2 unspecified atom stereocenters. The van der Waals surface area contributed by atoms with Crippen molar-refractivity contribution in [3.05, 3.63) is 71.8 Å². The molecule has 0 saturated carbocycles. The Morgan fingerprint density at radius 3 is 2.23 bits per heavy atom. The second kappa shape index (κ2) is 14.2. The minimum atomic E-state index is -1.03. The van der Waals surface area contributed by atoms with Crippen molar-refractivity contribution in [2.45, 2.75) is 76.6 Å². The SMILES string of the molecule is CCC(C)[C@@]1(NC(C)=O)CCN(C(CCc2ccccc2)C(=O)N[C@@H](Cc2ccccc2)[C@H](O)CNC)C1=O. The van der Waals surface area contributed by atoms with Crippen molar-refractivity contribution in [3.63, 3.8) is 0 Å². The van der Waals surface area contributed by atoms with Gasteiger partial charge in [-0.05, 0) is 49.8 Å². The molecule has 1 fully saturated rings. The fraction of sp³-hybridized carbons (Fsp3) is 0.516. The zero-order chi connectivity index (χ0) is 28.4. The molecular formula is C31H44N4O4. The highest BCUT2D eigenvalue weighted by Crippen LogP contribution is 2.34. The Labute approximate surface area is 232 Å². The zero-order valence-electron chi connectivity index (χ0n) is 23.7. The minimum Gasteiger partial charge on any atom is -0.390 e. The van der Waals surface area contributed by atoms with Crippen LogP contribution >= 0.6 is 0 Å². The molecule has 8 heteroatoms. The number of nitrogens with zero attached hydrogens (tertiary/aromatic N) is 1. The summed E-state index contributed by atoms with van der Waals surface area (Å²) in [6, 6.07) is 18.3. The van der Waals surface area contributed by atoms with E-state index in [2.05, 4.69) is 16.0 Å². The smallest absolute Gasteiger partial charge is 0.249 e. The van der Waals surface area contributed by atoms with Crippen molar-refractivity contribution < 1.29 is 19.5 Å². The van der Waals surface area contributed by atoms with Crippen molar-refractivity contribution in [1.82, 2.24) is 20.9 Å². The summed E-state index contributed by atoms with van der Waals surface area (Å²) < 4.78 is 0. The Kier molecular flexibility index (Phi) is 11.1. The summed E-state index contributed by atoms with van der Waals surface area (Å²) in [6.07, 6.45) is 1.85. The van der Waals surface area contributed by atoms with Crippen molar-refractivity contribution in [1.29, 1.82) is 0 Å². The average Bonchev–Trinajstić information content (AvgIpc) is 3.25. The highest BCUT2D eigenvalue weighted by Gasteiger charge is 2.53. The molecular weight excluding hydrogens is 492 g/mol. The van der Waals surface area contributed by atoms with Gasteiger partial charge in [-0.25, -0.2) is 0 Å². The van der Waals surface area contributed by atoms with Gasteiger partial charge >= 0.3 is 0 Å². The maximum absolute atomic E-state index is 14.0. The molecule has 5 atom stereocenters. The van der Waals surface area contributed by atoms with Crippen LogP contribution in [0.4, 0.5) is 0 Å². The third-order valence-corrected chi connectivity index (χ3v) is 7.97. The van der Waals surface area contributed by atoms with Gasteiger partial charge in [0, 0.05) is 20.0 Å². The Morgan fingerprint density at radius 1 is 1.05 bits per heavy atom. The lowest BCUT2D eigenvalue weighted by Gasteiger charge is -2.36. The number of likely N-dealkylation sites (tertiary alicyclic amines) is 1. The van der Waals surface area contributed by atoms with Gasteiger partial charge < -0.3 is 26.0 Å². The van der Waals surface area contributed by atoms with Crippen molar-refractivity contribution in [2.24, 2.45) is 5.92 Å². The van der Waals surface area contributed by atoms with Gasteiger partial charge in [-0.2, -0.15) is 0 Å². The lowest BCUT2D eigenvalue weighted by molar-refractivity contribution is -0.144. The number of likely N-dealkylation sites (N-methyl/N-ethyl adjacent to an activating group) is 1. The van der Waals surface area contributed by atoms with Crippen molar-refractivity contribution in [2.75, 3.05) is 20.1 Å². The standard InChI is InChI=1S/C31H44N4O4/c1-5-22(2)31(34-23(3)36)18-19-35(30(31)39)27(17-16-24-12-8-6-9-13-24)29(38)33-26(28(37)21-32-4)20-25-14-10-7-11-15-25/h6-15,22,26-28,32,37H,5,16-21H2,1-4H3,(H,33,38)(H,34,36)/t22?,26-,27?,28+,31-/m0/s1. The van der Waals surface area contributed by atoms with E-state index in [1.54, 1.807) is 11.9 Å². The molecule has 212 valence electrons. The molecule has 8 nitrogen and oxygen atoms in total.